The van der Waals surface area contributed by atoms with E-state index in [9.17, 15) is 0 Å². The number of fused-ring (bicyclic) bond motifs is 2. The number of nitrogens with one attached hydrogen (secondary N) is 2. The van der Waals surface area contributed by atoms with E-state index in [-0.39, 0.29) is 11.7 Å². The minimum Gasteiger partial charge on any atom is -0.299 e. The predicted octanol–water partition coefficient (Wildman–Crippen LogP) is 3.59. The molecule has 2 aliphatic heterocycles. The number of benzene rings is 2. The van der Waals surface area contributed by atoms with Crippen molar-refractivity contribution in [2.24, 2.45) is 4.99 Å². The molecule has 1 spiro atoms. The van der Waals surface area contributed by atoms with Gasteiger partial charge >= 0.3 is 0 Å². The summed E-state index contributed by atoms with van der Waals surface area (Å²) in [6, 6.07) is 11.1. The minimum atomic E-state index is -0.154. The normalized spacial score (nSPS) is 24.8. The molecule has 3 nitrogen and oxygen atoms in total. The highest BCUT2D eigenvalue weighted by atomic mass is 15.3. The molecule has 2 aliphatic rings. The second-order valence-electron chi connectivity index (χ2n) is 7.41. The lowest BCUT2D eigenvalue weighted by molar-refractivity contribution is 0.493. The summed E-state index contributed by atoms with van der Waals surface area (Å²) in [5.74, 6) is 0. The Balaban J connectivity index is 1.59. The first-order valence-electron chi connectivity index (χ1n) is 8.71. The lowest BCUT2D eigenvalue weighted by Gasteiger charge is -2.23. The highest BCUT2D eigenvalue weighted by Gasteiger charge is 2.42. The summed E-state index contributed by atoms with van der Waals surface area (Å²) < 4.78 is 0. The van der Waals surface area contributed by atoms with Crippen LogP contribution in [0.4, 0.5) is 5.69 Å². The number of rotatable bonds is 2. The maximum atomic E-state index is 4.64. The number of hydrogen-bond donors (Lipinski definition) is 2. The van der Waals surface area contributed by atoms with Gasteiger partial charge < -0.3 is 0 Å². The Labute approximate surface area is 144 Å². The lowest BCUT2D eigenvalue weighted by atomic mass is 9.91. The van der Waals surface area contributed by atoms with Gasteiger partial charge in [-0.05, 0) is 50.5 Å². The van der Waals surface area contributed by atoms with Gasteiger partial charge in [-0.1, -0.05) is 35.4 Å². The molecule has 0 bridgehead atoms. The van der Waals surface area contributed by atoms with Crippen molar-refractivity contribution in [3.8, 4) is 0 Å². The van der Waals surface area contributed by atoms with Crippen LogP contribution in [0.3, 0.4) is 0 Å². The summed E-state index contributed by atoms with van der Waals surface area (Å²) in [4.78, 5) is 4.64. The third kappa shape index (κ3) is 2.48. The number of nitrogens with zero attached hydrogens (tertiary/aromatic N) is 1. The first-order chi connectivity index (χ1) is 11.5. The fourth-order valence-corrected chi connectivity index (χ4v) is 4.18. The van der Waals surface area contributed by atoms with Gasteiger partial charge in [-0.25, -0.2) is 0 Å². The summed E-state index contributed by atoms with van der Waals surface area (Å²) >= 11 is 0. The molecule has 0 saturated carbocycles. The molecule has 1 saturated heterocycles. The molecule has 24 heavy (non-hydrogen) atoms. The van der Waals surface area contributed by atoms with Crippen LogP contribution in [0.25, 0.3) is 0 Å². The summed E-state index contributed by atoms with van der Waals surface area (Å²) in [5, 5.41) is 7.47. The van der Waals surface area contributed by atoms with Crippen LogP contribution in [-0.4, -0.2) is 18.9 Å². The van der Waals surface area contributed by atoms with E-state index in [1.807, 2.05) is 0 Å². The van der Waals surface area contributed by atoms with Gasteiger partial charge in [-0.3, -0.25) is 15.6 Å². The minimum absolute atomic E-state index is 0.154. The summed E-state index contributed by atoms with van der Waals surface area (Å²) in [6.45, 7) is 9.64. The van der Waals surface area contributed by atoms with Crippen LogP contribution in [0.5, 0.6) is 0 Å². The SMILES string of the molecule is Cc1cc(C)c(C[C@@H]2NCC3(C=Nc4ccc(C)cc43)N2)c(C)c1. The molecular weight excluding hydrogens is 294 g/mol. The monoisotopic (exact) mass is 319 g/mol. The first-order valence-corrected chi connectivity index (χ1v) is 8.71. The van der Waals surface area contributed by atoms with E-state index in [4.69, 9.17) is 0 Å². The van der Waals surface area contributed by atoms with E-state index < -0.39 is 0 Å². The number of aryl methyl sites for hydroxylation is 4. The zero-order valence-corrected chi connectivity index (χ0v) is 14.9. The van der Waals surface area contributed by atoms with Crippen molar-refractivity contribution in [1.29, 1.82) is 0 Å². The Morgan fingerprint density at radius 3 is 2.54 bits per heavy atom. The van der Waals surface area contributed by atoms with Crippen LogP contribution in [0, 0.1) is 27.7 Å². The fraction of sp³-hybridized carbons (Fsp3) is 0.381. The molecule has 4 rings (SSSR count). The van der Waals surface area contributed by atoms with E-state index in [0.29, 0.717) is 0 Å². The van der Waals surface area contributed by atoms with Crippen molar-refractivity contribution in [2.45, 2.75) is 45.8 Å². The summed E-state index contributed by atoms with van der Waals surface area (Å²) in [7, 11) is 0. The maximum Gasteiger partial charge on any atom is 0.0953 e. The Bertz CT molecular complexity index is 814. The number of hydrogen-bond acceptors (Lipinski definition) is 3. The van der Waals surface area contributed by atoms with Gasteiger partial charge in [0.1, 0.15) is 0 Å². The number of aliphatic imine (C=N–C) groups is 1. The second-order valence-corrected chi connectivity index (χ2v) is 7.41. The molecule has 2 heterocycles. The molecule has 2 N–H and O–H groups in total. The third-order valence-corrected chi connectivity index (χ3v) is 5.36. The van der Waals surface area contributed by atoms with Crippen LogP contribution in [0.2, 0.25) is 0 Å². The second kappa shape index (κ2) is 5.54. The molecular formula is C21H25N3. The van der Waals surface area contributed by atoms with Gasteiger partial charge in [0.15, 0.2) is 0 Å². The molecule has 0 radical (unpaired) electrons. The predicted molar refractivity (Wildman–Crippen MR) is 100 cm³/mol. The van der Waals surface area contributed by atoms with E-state index in [2.05, 4.69) is 79.9 Å². The van der Waals surface area contributed by atoms with Gasteiger partial charge in [-0.15, -0.1) is 0 Å². The highest BCUT2D eigenvalue weighted by Crippen LogP contribution is 2.37. The van der Waals surface area contributed by atoms with E-state index in [0.717, 1.165) is 18.7 Å². The standard InChI is InChI=1S/C21H25N3/c1-13-5-6-19-18(9-13)21(11-22-19)12-23-20(24-21)10-17-15(3)7-14(2)8-16(17)4/h5-9,11,20,23-24H,10,12H2,1-4H3/t20-,21?/m1/s1. The lowest BCUT2D eigenvalue weighted by Crippen LogP contribution is -2.43. The molecule has 124 valence electrons. The average molecular weight is 319 g/mol. The van der Waals surface area contributed by atoms with Gasteiger partial charge in [0.2, 0.25) is 0 Å². The Morgan fingerprint density at radius 1 is 1.04 bits per heavy atom. The largest absolute Gasteiger partial charge is 0.299 e. The first kappa shape index (κ1) is 15.6. The molecule has 0 amide bonds. The molecule has 3 heteroatoms. The highest BCUT2D eigenvalue weighted by molar-refractivity contribution is 5.85. The van der Waals surface area contributed by atoms with Crippen molar-refractivity contribution in [3.05, 3.63) is 63.7 Å². The van der Waals surface area contributed by atoms with E-state index in [1.54, 1.807) is 0 Å². The fourth-order valence-electron chi connectivity index (χ4n) is 4.18. The molecule has 1 unspecified atom stereocenters. The van der Waals surface area contributed by atoms with Crippen molar-refractivity contribution in [2.75, 3.05) is 6.54 Å². The van der Waals surface area contributed by atoms with E-state index in [1.165, 1.54) is 33.4 Å². The van der Waals surface area contributed by atoms with Crippen LogP contribution < -0.4 is 10.6 Å². The molecule has 0 aromatic heterocycles. The van der Waals surface area contributed by atoms with Crippen LogP contribution in [0.1, 0.15) is 33.4 Å². The molecule has 1 fully saturated rings. The molecule has 2 aromatic rings. The van der Waals surface area contributed by atoms with Gasteiger partial charge in [-0.2, -0.15) is 0 Å². The average Bonchev–Trinajstić information content (AvgIpc) is 3.09. The van der Waals surface area contributed by atoms with E-state index >= 15 is 0 Å². The van der Waals surface area contributed by atoms with Gasteiger partial charge in [0.05, 0.1) is 17.4 Å². The maximum absolute atomic E-state index is 4.64. The van der Waals surface area contributed by atoms with Crippen molar-refractivity contribution in [3.63, 3.8) is 0 Å². The topological polar surface area (TPSA) is 36.4 Å². The van der Waals surface area contributed by atoms with Crippen LogP contribution in [0.15, 0.2) is 35.3 Å². The Hall–Kier alpha value is -1.97. The Kier molecular flexibility index (Phi) is 3.59. The Morgan fingerprint density at radius 2 is 1.79 bits per heavy atom. The quantitative estimate of drug-likeness (QED) is 0.887. The molecule has 2 aromatic carbocycles. The van der Waals surface area contributed by atoms with Gasteiger partial charge in [0.25, 0.3) is 0 Å². The van der Waals surface area contributed by atoms with Crippen molar-refractivity contribution in [1.82, 2.24) is 10.6 Å². The summed E-state index contributed by atoms with van der Waals surface area (Å²) in [6.07, 6.45) is 3.34. The third-order valence-electron chi connectivity index (χ3n) is 5.36. The smallest absolute Gasteiger partial charge is 0.0953 e. The molecule has 0 aliphatic carbocycles. The molecule has 2 atom stereocenters. The van der Waals surface area contributed by atoms with Crippen LogP contribution in [-0.2, 0) is 12.0 Å². The zero-order valence-electron chi connectivity index (χ0n) is 14.9. The van der Waals surface area contributed by atoms with Crippen molar-refractivity contribution < 1.29 is 0 Å². The van der Waals surface area contributed by atoms with Gasteiger partial charge in [0, 0.05) is 24.7 Å². The summed E-state index contributed by atoms with van der Waals surface area (Å²) in [5.41, 5.74) is 9.08. The zero-order chi connectivity index (χ0) is 16.9. The van der Waals surface area contributed by atoms with Crippen LogP contribution >= 0.6 is 0 Å². The van der Waals surface area contributed by atoms with Crippen molar-refractivity contribution >= 4 is 11.9 Å².